The Bertz CT molecular complexity index is 882. The van der Waals surface area contributed by atoms with E-state index in [0.29, 0.717) is 0 Å². The summed E-state index contributed by atoms with van der Waals surface area (Å²) >= 11 is 1.74. The Balaban J connectivity index is 1.31. The van der Waals surface area contributed by atoms with Gasteiger partial charge in [-0.2, -0.15) is 0 Å². The molecule has 0 aliphatic carbocycles. The summed E-state index contributed by atoms with van der Waals surface area (Å²) in [6.45, 7) is 3.84. The van der Waals surface area contributed by atoms with Crippen LogP contribution in [0.4, 0.5) is 15.6 Å². The van der Waals surface area contributed by atoms with Crippen LogP contribution in [0.1, 0.15) is 18.4 Å². The maximum Gasteiger partial charge on any atom is 0.319 e. The molecule has 0 atom stereocenters. The number of aromatic nitrogens is 1. The zero-order chi connectivity index (χ0) is 17.9. The molecule has 1 aromatic heterocycles. The van der Waals surface area contributed by atoms with Gasteiger partial charge in [-0.05, 0) is 49.6 Å². The summed E-state index contributed by atoms with van der Waals surface area (Å²) in [6, 6.07) is 16.1. The highest BCUT2D eigenvalue weighted by Crippen LogP contribution is 2.30. The molecule has 0 unspecified atom stereocenters. The van der Waals surface area contributed by atoms with Gasteiger partial charge in [-0.1, -0.05) is 35.6 Å². The molecule has 1 fully saturated rings. The minimum Gasteiger partial charge on any atom is -0.348 e. The number of anilines is 2. The van der Waals surface area contributed by atoms with Crippen LogP contribution in [-0.2, 0) is 0 Å². The van der Waals surface area contributed by atoms with E-state index >= 15 is 0 Å². The summed E-state index contributed by atoms with van der Waals surface area (Å²) in [5.41, 5.74) is 3.02. The molecule has 134 valence electrons. The molecular formula is C20H22N4OS. The lowest BCUT2D eigenvalue weighted by Gasteiger charge is -2.32. The molecule has 0 bridgehead atoms. The van der Waals surface area contributed by atoms with Crippen LogP contribution in [0.15, 0.2) is 48.5 Å². The molecule has 2 heterocycles. The van der Waals surface area contributed by atoms with Gasteiger partial charge >= 0.3 is 6.03 Å². The SMILES string of the molecule is Cc1cccc(NC(=O)NC2CCN(c3nc4ccccc4s3)CC2)c1. The number of aryl methyl sites for hydroxylation is 1. The number of fused-ring (bicyclic) bond motifs is 1. The van der Waals surface area contributed by atoms with Gasteiger partial charge < -0.3 is 15.5 Å². The minimum absolute atomic E-state index is 0.131. The third kappa shape index (κ3) is 3.80. The van der Waals surface area contributed by atoms with E-state index in [1.54, 1.807) is 11.3 Å². The highest BCUT2D eigenvalue weighted by atomic mass is 32.1. The predicted octanol–water partition coefficient (Wildman–Crippen LogP) is 4.40. The van der Waals surface area contributed by atoms with E-state index in [-0.39, 0.29) is 12.1 Å². The van der Waals surface area contributed by atoms with Crippen LogP contribution in [0, 0.1) is 6.92 Å². The van der Waals surface area contributed by atoms with Crippen molar-refractivity contribution < 1.29 is 4.79 Å². The Hall–Kier alpha value is -2.60. The van der Waals surface area contributed by atoms with Crippen molar-refractivity contribution in [2.75, 3.05) is 23.3 Å². The Labute approximate surface area is 157 Å². The number of hydrogen-bond donors (Lipinski definition) is 2. The van der Waals surface area contributed by atoms with Gasteiger partial charge in [-0.15, -0.1) is 0 Å². The van der Waals surface area contributed by atoms with Gasteiger partial charge in [0.1, 0.15) is 0 Å². The van der Waals surface area contributed by atoms with Crippen LogP contribution in [-0.4, -0.2) is 30.1 Å². The van der Waals surface area contributed by atoms with Crippen LogP contribution in [0.25, 0.3) is 10.2 Å². The van der Waals surface area contributed by atoms with Crippen molar-refractivity contribution in [3.8, 4) is 0 Å². The largest absolute Gasteiger partial charge is 0.348 e. The van der Waals surface area contributed by atoms with Gasteiger partial charge in [0, 0.05) is 24.8 Å². The van der Waals surface area contributed by atoms with Gasteiger partial charge in [-0.3, -0.25) is 0 Å². The highest BCUT2D eigenvalue weighted by molar-refractivity contribution is 7.22. The fourth-order valence-corrected chi connectivity index (χ4v) is 4.30. The van der Waals surface area contributed by atoms with E-state index < -0.39 is 0 Å². The monoisotopic (exact) mass is 366 g/mol. The van der Waals surface area contributed by atoms with Crippen molar-refractivity contribution in [2.45, 2.75) is 25.8 Å². The fraction of sp³-hybridized carbons (Fsp3) is 0.300. The number of nitrogens with one attached hydrogen (secondary N) is 2. The summed E-state index contributed by atoms with van der Waals surface area (Å²) in [4.78, 5) is 19.3. The summed E-state index contributed by atoms with van der Waals surface area (Å²) in [6.07, 6.45) is 1.86. The van der Waals surface area contributed by atoms with E-state index in [1.807, 2.05) is 43.3 Å². The second-order valence-corrected chi connectivity index (χ2v) is 7.70. The number of urea groups is 1. The number of para-hydroxylation sites is 1. The molecule has 2 amide bonds. The lowest BCUT2D eigenvalue weighted by Crippen LogP contribution is -2.46. The van der Waals surface area contributed by atoms with Crippen molar-refractivity contribution >= 4 is 38.4 Å². The van der Waals surface area contributed by atoms with Gasteiger partial charge in [0.15, 0.2) is 5.13 Å². The van der Waals surface area contributed by atoms with E-state index in [4.69, 9.17) is 4.98 Å². The van der Waals surface area contributed by atoms with Crippen molar-refractivity contribution in [3.63, 3.8) is 0 Å². The lowest BCUT2D eigenvalue weighted by atomic mass is 10.1. The van der Waals surface area contributed by atoms with Crippen molar-refractivity contribution in [1.82, 2.24) is 10.3 Å². The lowest BCUT2D eigenvalue weighted by molar-refractivity contribution is 0.246. The first-order valence-corrected chi connectivity index (χ1v) is 9.74. The second-order valence-electron chi connectivity index (χ2n) is 6.69. The average molecular weight is 366 g/mol. The molecule has 3 aromatic rings. The third-order valence-electron chi connectivity index (χ3n) is 4.66. The highest BCUT2D eigenvalue weighted by Gasteiger charge is 2.22. The second kappa shape index (κ2) is 7.33. The molecule has 2 aromatic carbocycles. The Morgan fingerprint density at radius 1 is 1.15 bits per heavy atom. The molecule has 5 nitrogen and oxygen atoms in total. The number of thiazole rings is 1. The quantitative estimate of drug-likeness (QED) is 0.722. The van der Waals surface area contributed by atoms with E-state index in [2.05, 4.69) is 27.7 Å². The van der Waals surface area contributed by atoms with Crippen molar-refractivity contribution in [2.24, 2.45) is 0 Å². The van der Waals surface area contributed by atoms with Crippen LogP contribution >= 0.6 is 11.3 Å². The first kappa shape index (κ1) is 16.8. The third-order valence-corrected chi connectivity index (χ3v) is 5.76. The molecule has 1 saturated heterocycles. The summed E-state index contributed by atoms with van der Waals surface area (Å²) in [5, 5.41) is 7.09. The average Bonchev–Trinajstić information content (AvgIpc) is 3.06. The summed E-state index contributed by atoms with van der Waals surface area (Å²) < 4.78 is 1.22. The number of carbonyl (C=O) groups excluding carboxylic acids is 1. The standard InChI is InChI=1S/C20H22N4OS/c1-14-5-4-6-16(13-14)22-19(25)21-15-9-11-24(12-10-15)20-23-17-7-2-3-8-18(17)26-20/h2-8,13,15H,9-12H2,1H3,(H2,21,22,25). The topological polar surface area (TPSA) is 57.3 Å². The molecule has 6 heteroatoms. The predicted molar refractivity (Wildman–Crippen MR) is 108 cm³/mol. The zero-order valence-corrected chi connectivity index (χ0v) is 15.6. The number of piperidine rings is 1. The number of hydrogen-bond acceptors (Lipinski definition) is 4. The maximum absolute atomic E-state index is 12.2. The van der Waals surface area contributed by atoms with Crippen LogP contribution in [0.2, 0.25) is 0 Å². The molecular weight excluding hydrogens is 344 g/mol. The van der Waals surface area contributed by atoms with Gasteiger partial charge in [0.05, 0.1) is 10.2 Å². The molecule has 0 spiro atoms. The number of amides is 2. The van der Waals surface area contributed by atoms with Gasteiger partial charge in [-0.25, -0.2) is 9.78 Å². The molecule has 1 aliphatic rings. The molecule has 1 aliphatic heterocycles. The smallest absolute Gasteiger partial charge is 0.319 e. The fourth-order valence-electron chi connectivity index (χ4n) is 3.29. The molecule has 2 N–H and O–H groups in total. The molecule has 4 rings (SSSR count). The van der Waals surface area contributed by atoms with Crippen LogP contribution < -0.4 is 15.5 Å². The number of carbonyl (C=O) groups is 1. The Morgan fingerprint density at radius 3 is 2.73 bits per heavy atom. The minimum atomic E-state index is -0.131. The van der Waals surface area contributed by atoms with Gasteiger partial charge in [0.2, 0.25) is 0 Å². The first-order valence-electron chi connectivity index (χ1n) is 8.92. The Kier molecular flexibility index (Phi) is 4.75. The molecule has 26 heavy (non-hydrogen) atoms. The number of nitrogens with zero attached hydrogens (tertiary/aromatic N) is 2. The summed E-state index contributed by atoms with van der Waals surface area (Å²) in [7, 11) is 0. The molecule has 0 radical (unpaired) electrons. The maximum atomic E-state index is 12.2. The van der Waals surface area contributed by atoms with Crippen LogP contribution in [0.5, 0.6) is 0 Å². The first-order chi connectivity index (χ1) is 12.7. The normalized spacial score (nSPS) is 15.2. The Morgan fingerprint density at radius 2 is 1.96 bits per heavy atom. The van der Waals surface area contributed by atoms with Crippen molar-refractivity contribution in [3.05, 3.63) is 54.1 Å². The number of benzene rings is 2. The van der Waals surface area contributed by atoms with Crippen LogP contribution in [0.3, 0.4) is 0 Å². The molecule has 0 saturated carbocycles. The van der Waals surface area contributed by atoms with E-state index in [1.165, 1.54) is 4.70 Å². The zero-order valence-electron chi connectivity index (χ0n) is 14.7. The van der Waals surface area contributed by atoms with Crippen molar-refractivity contribution in [1.29, 1.82) is 0 Å². The number of rotatable bonds is 3. The van der Waals surface area contributed by atoms with E-state index in [9.17, 15) is 4.79 Å². The summed E-state index contributed by atoms with van der Waals surface area (Å²) in [5.74, 6) is 0. The van der Waals surface area contributed by atoms with Gasteiger partial charge in [0.25, 0.3) is 0 Å². The van der Waals surface area contributed by atoms with E-state index in [0.717, 1.165) is 47.8 Å².